The summed E-state index contributed by atoms with van der Waals surface area (Å²) >= 11 is 0. The molecular weight excluding hydrogens is 314 g/mol. The van der Waals surface area contributed by atoms with E-state index in [1.807, 2.05) is 49.4 Å². The highest BCUT2D eigenvalue weighted by atomic mass is 16.1. The van der Waals surface area contributed by atoms with Crippen molar-refractivity contribution in [1.82, 2.24) is 9.55 Å². The number of amides is 1. The maximum Gasteiger partial charge on any atom is 0.284 e. The van der Waals surface area contributed by atoms with Gasteiger partial charge in [-0.25, -0.2) is 0 Å². The van der Waals surface area contributed by atoms with Crippen LogP contribution in [0.1, 0.15) is 5.69 Å². The summed E-state index contributed by atoms with van der Waals surface area (Å²) in [6, 6.07) is 16.9. The van der Waals surface area contributed by atoms with E-state index in [2.05, 4.69) is 4.98 Å². The maximum atomic E-state index is 11.3. The smallest absolute Gasteiger partial charge is 0.284 e. The van der Waals surface area contributed by atoms with Crippen molar-refractivity contribution in [2.24, 2.45) is 5.73 Å². The molecule has 0 bridgehead atoms. The van der Waals surface area contributed by atoms with Crippen molar-refractivity contribution in [3.05, 3.63) is 72.0 Å². The van der Waals surface area contributed by atoms with Crippen LogP contribution in [-0.2, 0) is 4.79 Å². The van der Waals surface area contributed by atoms with Crippen LogP contribution in [0.15, 0.2) is 60.8 Å². The molecule has 0 aliphatic rings. The van der Waals surface area contributed by atoms with E-state index >= 15 is 0 Å². The summed E-state index contributed by atoms with van der Waals surface area (Å²) in [6.45, 7) is 1.93. The van der Waals surface area contributed by atoms with Gasteiger partial charge in [-0.15, -0.1) is 0 Å². The Morgan fingerprint density at radius 3 is 2.44 bits per heavy atom. The average Bonchev–Trinajstić information content (AvgIpc) is 2.61. The minimum atomic E-state index is -0.885. The van der Waals surface area contributed by atoms with Gasteiger partial charge in [-0.05, 0) is 42.3 Å². The lowest BCUT2D eigenvalue weighted by atomic mass is 9.98. The Bertz CT molecular complexity index is 1040. The SMILES string of the molecule is Cc1cccc(-c2ccccc2-c2ccc(=N)n(C(=N)C(N)=O)c2)n1. The van der Waals surface area contributed by atoms with Crippen molar-refractivity contribution in [3.8, 4) is 22.4 Å². The number of hydrogen-bond acceptors (Lipinski definition) is 4. The molecule has 6 heteroatoms. The summed E-state index contributed by atoms with van der Waals surface area (Å²) in [5.74, 6) is -1.33. The van der Waals surface area contributed by atoms with Gasteiger partial charge in [0.15, 0.2) is 5.84 Å². The van der Waals surface area contributed by atoms with Gasteiger partial charge in [0.25, 0.3) is 5.91 Å². The number of benzene rings is 1. The van der Waals surface area contributed by atoms with Crippen molar-refractivity contribution in [1.29, 1.82) is 10.8 Å². The summed E-state index contributed by atoms with van der Waals surface area (Å²) in [5.41, 5.74) is 9.54. The van der Waals surface area contributed by atoms with E-state index in [4.69, 9.17) is 16.6 Å². The number of carbonyl (C=O) groups excluding carboxylic acids is 1. The van der Waals surface area contributed by atoms with Gasteiger partial charge >= 0.3 is 0 Å². The number of aromatic nitrogens is 2. The molecule has 2 heterocycles. The summed E-state index contributed by atoms with van der Waals surface area (Å²) < 4.78 is 1.16. The first kappa shape index (κ1) is 16.3. The van der Waals surface area contributed by atoms with Crippen LogP contribution in [0.5, 0.6) is 0 Å². The number of pyridine rings is 2. The highest BCUT2D eigenvalue weighted by Crippen LogP contribution is 2.30. The second-order valence-corrected chi connectivity index (χ2v) is 5.60. The number of rotatable bonds is 2. The highest BCUT2D eigenvalue weighted by Gasteiger charge is 2.12. The first-order valence-corrected chi connectivity index (χ1v) is 7.67. The van der Waals surface area contributed by atoms with Crippen LogP contribution in [0, 0.1) is 17.7 Å². The molecule has 0 saturated heterocycles. The van der Waals surface area contributed by atoms with Crippen molar-refractivity contribution >= 4 is 11.7 Å². The van der Waals surface area contributed by atoms with Crippen molar-refractivity contribution < 1.29 is 4.79 Å². The molecular formula is C19H17N5O. The number of hydrogen-bond donors (Lipinski definition) is 3. The third-order valence-electron chi connectivity index (χ3n) is 3.83. The largest absolute Gasteiger partial charge is 0.363 e. The van der Waals surface area contributed by atoms with Gasteiger partial charge in [-0.2, -0.15) is 0 Å². The molecule has 4 N–H and O–H groups in total. The van der Waals surface area contributed by atoms with E-state index in [1.165, 1.54) is 6.07 Å². The average molecular weight is 331 g/mol. The molecule has 0 fully saturated rings. The van der Waals surface area contributed by atoms with Gasteiger partial charge in [-0.1, -0.05) is 30.3 Å². The normalized spacial score (nSPS) is 10.4. The Morgan fingerprint density at radius 2 is 1.76 bits per heavy atom. The van der Waals surface area contributed by atoms with E-state index < -0.39 is 11.7 Å². The number of nitrogens with two attached hydrogens (primary N) is 1. The fourth-order valence-corrected chi connectivity index (χ4v) is 2.61. The van der Waals surface area contributed by atoms with Gasteiger partial charge in [0.1, 0.15) is 5.49 Å². The van der Waals surface area contributed by atoms with Crippen molar-refractivity contribution in [2.45, 2.75) is 6.92 Å². The minimum absolute atomic E-state index is 0.0127. The molecule has 0 radical (unpaired) electrons. The van der Waals surface area contributed by atoms with Crippen molar-refractivity contribution in [3.63, 3.8) is 0 Å². The molecule has 1 amide bonds. The zero-order chi connectivity index (χ0) is 18.0. The molecule has 0 unspecified atom stereocenters. The van der Waals surface area contributed by atoms with E-state index in [0.717, 1.165) is 32.6 Å². The minimum Gasteiger partial charge on any atom is -0.363 e. The van der Waals surface area contributed by atoms with Crippen LogP contribution < -0.4 is 11.2 Å². The van der Waals surface area contributed by atoms with E-state index in [0.29, 0.717) is 0 Å². The van der Waals surface area contributed by atoms with Gasteiger partial charge < -0.3 is 5.73 Å². The van der Waals surface area contributed by atoms with Gasteiger partial charge in [0.05, 0.1) is 5.69 Å². The van der Waals surface area contributed by atoms with Crippen molar-refractivity contribution in [2.75, 3.05) is 0 Å². The zero-order valence-electron chi connectivity index (χ0n) is 13.7. The maximum absolute atomic E-state index is 11.3. The number of aryl methyl sites for hydroxylation is 1. The summed E-state index contributed by atoms with van der Waals surface area (Å²) in [6.07, 6.45) is 1.57. The molecule has 3 aromatic rings. The fraction of sp³-hybridized carbons (Fsp3) is 0.0526. The van der Waals surface area contributed by atoms with Crippen LogP contribution in [0.25, 0.3) is 22.4 Å². The molecule has 0 saturated carbocycles. The second kappa shape index (κ2) is 6.52. The molecule has 0 aliphatic carbocycles. The third kappa shape index (κ3) is 3.23. The molecule has 25 heavy (non-hydrogen) atoms. The summed E-state index contributed by atoms with van der Waals surface area (Å²) in [4.78, 5) is 15.9. The fourth-order valence-electron chi connectivity index (χ4n) is 2.61. The molecule has 0 atom stereocenters. The van der Waals surface area contributed by atoms with Crippen LogP contribution in [0.4, 0.5) is 0 Å². The quantitative estimate of drug-likeness (QED) is 0.495. The van der Waals surface area contributed by atoms with Gasteiger partial charge in [0, 0.05) is 17.5 Å². The van der Waals surface area contributed by atoms with Crippen LogP contribution in [0.2, 0.25) is 0 Å². The Hall–Kier alpha value is -3.54. The van der Waals surface area contributed by atoms with E-state index in [-0.39, 0.29) is 5.49 Å². The van der Waals surface area contributed by atoms with E-state index in [9.17, 15) is 4.79 Å². The molecule has 1 aromatic carbocycles. The number of primary amides is 1. The molecule has 6 nitrogen and oxygen atoms in total. The number of nitrogens with zero attached hydrogens (tertiary/aromatic N) is 2. The lowest BCUT2D eigenvalue weighted by Gasteiger charge is -2.12. The molecule has 3 rings (SSSR count). The second-order valence-electron chi connectivity index (χ2n) is 5.60. The van der Waals surface area contributed by atoms with Crippen LogP contribution in [-0.4, -0.2) is 21.3 Å². The first-order chi connectivity index (χ1) is 12.0. The summed E-state index contributed by atoms with van der Waals surface area (Å²) in [5, 5.41) is 15.7. The first-order valence-electron chi connectivity index (χ1n) is 7.67. The predicted octanol–water partition coefficient (Wildman–Crippen LogP) is 2.32. The van der Waals surface area contributed by atoms with Crippen LogP contribution >= 0.6 is 0 Å². The lowest BCUT2D eigenvalue weighted by Crippen LogP contribution is -2.35. The molecule has 0 aliphatic heterocycles. The van der Waals surface area contributed by atoms with Gasteiger partial charge in [-0.3, -0.25) is 25.2 Å². The molecule has 2 aromatic heterocycles. The highest BCUT2D eigenvalue weighted by molar-refractivity contribution is 6.36. The topological polar surface area (TPSA) is 109 Å². The molecule has 124 valence electrons. The zero-order valence-corrected chi connectivity index (χ0v) is 13.7. The Morgan fingerprint density at radius 1 is 1.04 bits per heavy atom. The number of nitrogens with one attached hydrogen (secondary N) is 2. The Balaban J connectivity index is 2.19. The predicted molar refractivity (Wildman–Crippen MR) is 96.0 cm³/mol. The van der Waals surface area contributed by atoms with Crippen LogP contribution in [0.3, 0.4) is 0 Å². The standard InChI is InChI=1S/C19H17N5O/c1-12-5-4-8-16(23-12)15-7-3-2-6-14(15)13-9-10-17(20)24(11-13)18(21)19(22)25/h2-11,20-21H,1H3,(H2,22,25). The Kier molecular flexibility index (Phi) is 4.26. The Labute approximate surface area is 144 Å². The summed E-state index contributed by atoms with van der Waals surface area (Å²) in [7, 11) is 0. The number of carbonyl (C=O) groups is 1. The van der Waals surface area contributed by atoms with E-state index in [1.54, 1.807) is 12.3 Å². The molecule has 0 spiro atoms. The van der Waals surface area contributed by atoms with Gasteiger partial charge in [0.2, 0.25) is 0 Å². The third-order valence-corrected chi connectivity index (χ3v) is 3.83. The lowest BCUT2D eigenvalue weighted by molar-refractivity contribution is -0.112. The monoisotopic (exact) mass is 331 g/mol.